The highest BCUT2D eigenvalue weighted by molar-refractivity contribution is 5.95. The Balaban J connectivity index is 1.29. The molecule has 0 bridgehead atoms. The molecule has 0 spiro atoms. The Bertz CT molecular complexity index is 1170. The van der Waals surface area contributed by atoms with Crippen molar-refractivity contribution in [3.05, 3.63) is 78.2 Å². The third-order valence-electron chi connectivity index (χ3n) is 6.46. The van der Waals surface area contributed by atoms with Crippen molar-refractivity contribution in [1.29, 1.82) is 0 Å². The predicted molar refractivity (Wildman–Crippen MR) is 119 cm³/mol. The van der Waals surface area contributed by atoms with Gasteiger partial charge < -0.3 is 19.6 Å². The minimum atomic E-state index is -2.09. The van der Waals surface area contributed by atoms with E-state index in [1.165, 1.54) is 18.6 Å². The van der Waals surface area contributed by atoms with Crippen molar-refractivity contribution in [3.8, 4) is 11.1 Å². The lowest BCUT2D eigenvalue weighted by Gasteiger charge is -2.36. The summed E-state index contributed by atoms with van der Waals surface area (Å²) < 4.78 is 6.19. The summed E-state index contributed by atoms with van der Waals surface area (Å²) in [6.45, 7) is 1.32. The summed E-state index contributed by atoms with van der Waals surface area (Å²) in [6, 6.07) is 14.4. The highest BCUT2D eigenvalue weighted by Gasteiger charge is 2.44. The van der Waals surface area contributed by atoms with Crippen molar-refractivity contribution in [2.75, 3.05) is 32.0 Å². The second-order valence-electron chi connectivity index (χ2n) is 8.91. The number of hydrogen-bond acceptors (Lipinski definition) is 6. The number of hydrogen-bond donors (Lipinski definition) is 1. The van der Waals surface area contributed by atoms with Gasteiger partial charge in [-0.2, -0.15) is 0 Å². The zero-order chi connectivity index (χ0) is 23.1. The number of quaternary nitrogens is 1. The Hall–Kier alpha value is -3.62. The molecule has 2 atom stereocenters. The van der Waals surface area contributed by atoms with E-state index in [0.29, 0.717) is 40.9 Å². The molecule has 0 saturated carbocycles. The Kier molecular flexibility index (Phi) is 5.19. The van der Waals surface area contributed by atoms with E-state index in [1.807, 2.05) is 31.3 Å². The first kappa shape index (κ1) is 21.2. The van der Waals surface area contributed by atoms with Crippen LogP contribution in [0.4, 0.5) is 5.82 Å². The number of rotatable bonds is 5. The van der Waals surface area contributed by atoms with E-state index in [2.05, 4.69) is 15.3 Å². The average Bonchev–Trinajstić information content (AvgIpc) is 3.30. The van der Waals surface area contributed by atoms with Gasteiger partial charge in [-0.3, -0.25) is 14.6 Å². The summed E-state index contributed by atoms with van der Waals surface area (Å²) in [5.41, 5.74) is 0.299. The van der Waals surface area contributed by atoms with E-state index in [0.717, 1.165) is 11.1 Å². The van der Waals surface area contributed by atoms with E-state index >= 15 is 0 Å². The summed E-state index contributed by atoms with van der Waals surface area (Å²) in [6.07, 6.45) is 4.68. The minimum Gasteiger partial charge on any atom is -0.834 e. The van der Waals surface area contributed by atoms with Crippen LogP contribution < -0.4 is 10.4 Å². The Labute approximate surface area is 191 Å². The molecule has 1 aliphatic carbocycles. The van der Waals surface area contributed by atoms with Gasteiger partial charge in [0, 0.05) is 24.4 Å². The van der Waals surface area contributed by atoms with Crippen LogP contribution in [0.5, 0.6) is 0 Å². The van der Waals surface area contributed by atoms with Gasteiger partial charge >= 0.3 is 5.97 Å². The minimum absolute atomic E-state index is 0.191. The van der Waals surface area contributed by atoms with Gasteiger partial charge in [0.15, 0.2) is 18.5 Å². The molecule has 8 heteroatoms. The lowest BCUT2D eigenvalue weighted by Crippen LogP contribution is -2.51. The molecule has 5 rings (SSSR count). The fourth-order valence-corrected chi connectivity index (χ4v) is 4.91. The molecule has 3 aromatic rings. The van der Waals surface area contributed by atoms with Gasteiger partial charge in [0.2, 0.25) is 0 Å². The number of fused-ring (bicyclic) bond motifs is 3. The van der Waals surface area contributed by atoms with Gasteiger partial charge in [-0.25, -0.2) is 4.98 Å². The summed E-state index contributed by atoms with van der Waals surface area (Å²) in [5.74, 6) is -0.589. The largest absolute Gasteiger partial charge is 0.834 e. The number of esters is 1. The van der Waals surface area contributed by atoms with Crippen LogP contribution in [0.1, 0.15) is 17.5 Å². The number of amides is 1. The molecule has 168 valence electrons. The van der Waals surface area contributed by atoms with Crippen molar-refractivity contribution in [2.45, 2.75) is 18.1 Å². The SMILES string of the molecule is C[N+]1(CC(=O)Nc2cnccn2)CC[C@@H](OC(=O)C2([O-])c3ccccc3-c3ccccc32)C1. The molecule has 1 aliphatic heterocycles. The maximum Gasteiger partial charge on any atom is 0.304 e. The molecule has 1 aromatic heterocycles. The number of likely N-dealkylation sites (tertiary alicyclic amines) is 1. The van der Waals surface area contributed by atoms with Gasteiger partial charge in [-0.05, 0) is 22.3 Å². The van der Waals surface area contributed by atoms with E-state index in [9.17, 15) is 14.7 Å². The number of benzene rings is 2. The number of likely N-dealkylation sites (N-methyl/N-ethyl adjacent to an activating group) is 1. The van der Waals surface area contributed by atoms with Gasteiger partial charge in [-0.1, -0.05) is 48.5 Å². The number of nitrogens with one attached hydrogen (secondary N) is 1. The zero-order valence-corrected chi connectivity index (χ0v) is 18.2. The van der Waals surface area contributed by atoms with Crippen molar-refractivity contribution in [1.82, 2.24) is 9.97 Å². The monoisotopic (exact) mass is 444 g/mol. The number of ether oxygens (including phenoxy) is 1. The second-order valence-corrected chi connectivity index (χ2v) is 8.91. The van der Waals surface area contributed by atoms with E-state index < -0.39 is 17.7 Å². The van der Waals surface area contributed by atoms with E-state index in [4.69, 9.17) is 4.74 Å². The molecule has 1 saturated heterocycles. The molecule has 1 fully saturated rings. The molecular weight excluding hydrogens is 420 g/mol. The highest BCUT2D eigenvalue weighted by atomic mass is 16.6. The summed E-state index contributed by atoms with van der Waals surface area (Å²) in [4.78, 5) is 33.8. The van der Waals surface area contributed by atoms with Crippen LogP contribution in [-0.2, 0) is 19.9 Å². The van der Waals surface area contributed by atoms with Gasteiger partial charge in [0.05, 0.1) is 19.8 Å². The van der Waals surface area contributed by atoms with Gasteiger partial charge in [0.25, 0.3) is 5.91 Å². The molecular formula is C25H24N4O4. The third kappa shape index (κ3) is 3.77. The molecule has 2 heterocycles. The lowest BCUT2D eigenvalue weighted by molar-refractivity contribution is -0.890. The molecule has 33 heavy (non-hydrogen) atoms. The van der Waals surface area contributed by atoms with Crippen LogP contribution in [0.2, 0.25) is 0 Å². The van der Waals surface area contributed by atoms with Crippen molar-refractivity contribution in [3.63, 3.8) is 0 Å². The first-order valence-corrected chi connectivity index (χ1v) is 10.9. The van der Waals surface area contributed by atoms with Crippen LogP contribution in [0.25, 0.3) is 11.1 Å². The van der Waals surface area contributed by atoms with Crippen LogP contribution in [-0.4, -0.2) is 59.1 Å². The van der Waals surface area contributed by atoms with Crippen molar-refractivity contribution < 1.29 is 23.9 Å². The van der Waals surface area contributed by atoms with Crippen LogP contribution >= 0.6 is 0 Å². The third-order valence-corrected chi connectivity index (χ3v) is 6.46. The summed E-state index contributed by atoms with van der Waals surface area (Å²) >= 11 is 0. The standard InChI is InChI=1S/C25H24N4O4/c1-29(16-23(30)28-22-14-26-11-12-27-22)13-10-17(15-29)33-24(31)25(32)20-8-4-2-6-18(20)19-7-3-5-9-21(19)25/h2-9,11-12,14,17H,10,13,15-16H2,1H3,(H,27,28,30)/t17-,29?/m1/s1. The van der Waals surface area contributed by atoms with Crippen LogP contribution in [0.3, 0.4) is 0 Å². The Morgan fingerprint density at radius 1 is 1.12 bits per heavy atom. The van der Waals surface area contributed by atoms with Crippen molar-refractivity contribution in [2.24, 2.45) is 0 Å². The molecule has 1 unspecified atom stereocenters. The molecule has 8 nitrogen and oxygen atoms in total. The first-order chi connectivity index (χ1) is 15.9. The van der Waals surface area contributed by atoms with E-state index in [-0.39, 0.29) is 12.5 Å². The van der Waals surface area contributed by atoms with Crippen LogP contribution in [0.15, 0.2) is 67.1 Å². The number of carbonyl (C=O) groups is 2. The fourth-order valence-electron chi connectivity index (χ4n) is 4.91. The topological polar surface area (TPSA) is 104 Å². The zero-order valence-electron chi connectivity index (χ0n) is 18.2. The maximum atomic E-state index is 14.0. The summed E-state index contributed by atoms with van der Waals surface area (Å²) in [7, 11) is 1.94. The van der Waals surface area contributed by atoms with Gasteiger partial charge in [0.1, 0.15) is 6.54 Å². The quantitative estimate of drug-likeness (QED) is 0.472. The molecule has 0 radical (unpaired) electrons. The van der Waals surface area contributed by atoms with Crippen molar-refractivity contribution >= 4 is 17.7 Å². The second kappa shape index (κ2) is 8.06. The molecule has 1 N–H and O–H groups in total. The van der Waals surface area contributed by atoms with E-state index in [1.54, 1.807) is 24.3 Å². The number of anilines is 1. The van der Waals surface area contributed by atoms with Gasteiger partial charge in [-0.15, -0.1) is 0 Å². The molecule has 1 amide bonds. The number of carbonyl (C=O) groups excluding carboxylic acids is 2. The average molecular weight is 444 g/mol. The summed E-state index contributed by atoms with van der Waals surface area (Å²) in [5, 5.41) is 16.8. The number of aromatic nitrogens is 2. The molecule has 2 aromatic carbocycles. The maximum absolute atomic E-state index is 14.0. The smallest absolute Gasteiger partial charge is 0.304 e. The lowest BCUT2D eigenvalue weighted by atomic mass is 9.91. The number of nitrogens with zero attached hydrogens (tertiary/aromatic N) is 3. The molecule has 2 aliphatic rings. The normalized spacial score (nSPS) is 22.3. The highest BCUT2D eigenvalue weighted by Crippen LogP contribution is 2.46. The Morgan fingerprint density at radius 3 is 2.42 bits per heavy atom. The Morgan fingerprint density at radius 2 is 1.79 bits per heavy atom. The van der Waals surface area contributed by atoms with Crippen LogP contribution in [0, 0.1) is 0 Å². The first-order valence-electron chi connectivity index (χ1n) is 10.9. The predicted octanol–water partition coefficient (Wildman–Crippen LogP) is 1.46. The fraction of sp³-hybridized carbons (Fsp3) is 0.280.